The third kappa shape index (κ3) is 6.60. The van der Waals surface area contributed by atoms with E-state index in [4.69, 9.17) is 9.47 Å². The summed E-state index contributed by atoms with van der Waals surface area (Å²) in [4.78, 5) is 21.9. The van der Waals surface area contributed by atoms with Gasteiger partial charge in [-0.1, -0.05) is 0 Å². The van der Waals surface area contributed by atoms with Gasteiger partial charge in [-0.15, -0.1) is 0 Å². The highest BCUT2D eigenvalue weighted by Crippen LogP contribution is 2.12. The van der Waals surface area contributed by atoms with Crippen LogP contribution >= 0.6 is 0 Å². The quantitative estimate of drug-likeness (QED) is 0.450. The fourth-order valence-electron chi connectivity index (χ4n) is 1.44. The SMILES string of the molecule is CC(C)(C)OC(=O)CCCOc1ccc(C=O)cc1. The second kappa shape index (κ2) is 6.92. The van der Waals surface area contributed by atoms with Crippen LogP contribution in [0.4, 0.5) is 0 Å². The van der Waals surface area contributed by atoms with E-state index < -0.39 is 5.60 Å². The number of rotatable bonds is 6. The summed E-state index contributed by atoms with van der Waals surface area (Å²) in [5, 5.41) is 0. The molecule has 0 N–H and O–H groups in total. The minimum absolute atomic E-state index is 0.215. The van der Waals surface area contributed by atoms with E-state index in [1.165, 1.54) is 0 Å². The van der Waals surface area contributed by atoms with Crippen molar-refractivity contribution in [2.24, 2.45) is 0 Å². The molecule has 0 amide bonds. The highest BCUT2D eigenvalue weighted by molar-refractivity contribution is 5.74. The van der Waals surface area contributed by atoms with Crippen molar-refractivity contribution in [3.63, 3.8) is 0 Å². The van der Waals surface area contributed by atoms with Gasteiger partial charge in [-0.3, -0.25) is 9.59 Å². The number of carbonyl (C=O) groups excluding carboxylic acids is 2. The zero-order valence-corrected chi connectivity index (χ0v) is 11.6. The van der Waals surface area contributed by atoms with Crippen molar-refractivity contribution in [3.05, 3.63) is 29.8 Å². The Kier molecular flexibility index (Phi) is 5.55. The van der Waals surface area contributed by atoms with Crippen LogP contribution in [0.15, 0.2) is 24.3 Å². The Hall–Kier alpha value is -1.84. The highest BCUT2D eigenvalue weighted by Gasteiger charge is 2.15. The Morgan fingerprint density at radius 2 is 1.84 bits per heavy atom. The standard InChI is InChI=1S/C15H20O4/c1-15(2,3)19-14(17)5-4-10-18-13-8-6-12(11-16)7-9-13/h6-9,11H,4-5,10H2,1-3H3. The van der Waals surface area contributed by atoms with Crippen LogP contribution in [0, 0.1) is 0 Å². The molecule has 0 aromatic heterocycles. The molecule has 0 saturated heterocycles. The minimum Gasteiger partial charge on any atom is -0.494 e. The van der Waals surface area contributed by atoms with Gasteiger partial charge in [0.05, 0.1) is 6.61 Å². The first-order valence-electron chi connectivity index (χ1n) is 6.30. The molecule has 19 heavy (non-hydrogen) atoms. The molecule has 0 atom stereocenters. The second-order valence-corrected chi connectivity index (χ2v) is 5.23. The molecule has 1 rings (SSSR count). The summed E-state index contributed by atoms with van der Waals surface area (Å²) in [5.41, 5.74) is 0.170. The summed E-state index contributed by atoms with van der Waals surface area (Å²) >= 11 is 0. The van der Waals surface area contributed by atoms with Gasteiger partial charge in [-0.2, -0.15) is 0 Å². The highest BCUT2D eigenvalue weighted by atomic mass is 16.6. The Bertz CT molecular complexity index is 415. The fraction of sp³-hybridized carbons (Fsp3) is 0.467. The van der Waals surface area contributed by atoms with E-state index >= 15 is 0 Å². The Balaban J connectivity index is 2.23. The second-order valence-electron chi connectivity index (χ2n) is 5.23. The molecule has 0 fully saturated rings. The van der Waals surface area contributed by atoms with Crippen molar-refractivity contribution in [3.8, 4) is 5.75 Å². The largest absolute Gasteiger partial charge is 0.494 e. The maximum Gasteiger partial charge on any atom is 0.306 e. The summed E-state index contributed by atoms with van der Waals surface area (Å²) in [6, 6.07) is 6.85. The van der Waals surface area contributed by atoms with Crippen molar-refractivity contribution in [1.29, 1.82) is 0 Å². The molecule has 0 spiro atoms. The molecule has 0 aliphatic rings. The van der Waals surface area contributed by atoms with Gasteiger partial charge in [0.15, 0.2) is 0 Å². The number of aldehydes is 1. The van der Waals surface area contributed by atoms with Crippen LogP contribution < -0.4 is 4.74 Å². The van der Waals surface area contributed by atoms with Crippen molar-refractivity contribution in [1.82, 2.24) is 0 Å². The molecule has 0 heterocycles. The molecule has 0 aliphatic carbocycles. The van der Waals surface area contributed by atoms with Crippen LogP contribution in [-0.4, -0.2) is 24.5 Å². The third-order valence-corrected chi connectivity index (χ3v) is 2.23. The topological polar surface area (TPSA) is 52.6 Å². The summed E-state index contributed by atoms with van der Waals surface area (Å²) in [7, 11) is 0. The lowest BCUT2D eigenvalue weighted by Gasteiger charge is -2.19. The number of carbonyl (C=O) groups is 2. The van der Waals surface area contributed by atoms with Crippen molar-refractivity contribution in [2.75, 3.05) is 6.61 Å². The minimum atomic E-state index is -0.442. The molecule has 104 valence electrons. The summed E-state index contributed by atoms with van der Waals surface area (Å²) in [6.07, 6.45) is 1.72. The molecule has 4 heteroatoms. The van der Waals surface area contributed by atoms with Gasteiger partial charge >= 0.3 is 5.97 Å². The van der Waals surface area contributed by atoms with Crippen LogP contribution in [0.25, 0.3) is 0 Å². The van der Waals surface area contributed by atoms with E-state index in [1.807, 2.05) is 20.8 Å². The maximum absolute atomic E-state index is 11.4. The first kappa shape index (κ1) is 15.2. The molecule has 1 aromatic carbocycles. The predicted octanol–water partition coefficient (Wildman–Crippen LogP) is 3.00. The van der Waals surface area contributed by atoms with E-state index in [0.717, 1.165) is 6.29 Å². The molecular weight excluding hydrogens is 244 g/mol. The molecule has 0 radical (unpaired) electrons. The van der Waals surface area contributed by atoms with Crippen LogP contribution in [0.3, 0.4) is 0 Å². The number of ether oxygens (including phenoxy) is 2. The van der Waals surface area contributed by atoms with Crippen molar-refractivity contribution < 1.29 is 19.1 Å². The molecule has 0 aliphatic heterocycles. The molecule has 4 nitrogen and oxygen atoms in total. The van der Waals surface area contributed by atoms with Gasteiger partial charge in [0.25, 0.3) is 0 Å². The summed E-state index contributed by atoms with van der Waals surface area (Å²) in [5.74, 6) is 0.474. The van der Waals surface area contributed by atoms with E-state index in [9.17, 15) is 9.59 Å². The zero-order chi connectivity index (χ0) is 14.3. The molecular formula is C15H20O4. The number of benzene rings is 1. The van der Waals surface area contributed by atoms with Gasteiger partial charge in [0.1, 0.15) is 17.6 Å². The Morgan fingerprint density at radius 3 is 2.37 bits per heavy atom. The molecule has 0 bridgehead atoms. The van der Waals surface area contributed by atoms with E-state index in [0.29, 0.717) is 30.8 Å². The fourth-order valence-corrected chi connectivity index (χ4v) is 1.44. The van der Waals surface area contributed by atoms with E-state index in [1.54, 1.807) is 24.3 Å². The van der Waals surface area contributed by atoms with Crippen molar-refractivity contribution in [2.45, 2.75) is 39.2 Å². The van der Waals surface area contributed by atoms with Gasteiger partial charge in [-0.05, 0) is 51.5 Å². The van der Waals surface area contributed by atoms with Crippen LogP contribution in [0.5, 0.6) is 5.75 Å². The smallest absolute Gasteiger partial charge is 0.306 e. The first-order valence-corrected chi connectivity index (χ1v) is 6.30. The average Bonchev–Trinajstić information content (AvgIpc) is 2.33. The monoisotopic (exact) mass is 264 g/mol. The first-order chi connectivity index (χ1) is 8.90. The lowest BCUT2D eigenvalue weighted by molar-refractivity contribution is -0.155. The normalized spacial score (nSPS) is 10.9. The zero-order valence-electron chi connectivity index (χ0n) is 11.6. The number of hydrogen-bond donors (Lipinski definition) is 0. The molecule has 0 unspecified atom stereocenters. The van der Waals surface area contributed by atoms with Gasteiger partial charge in [-0.25, -0.2) is 0 Å². The number of hydrogen-bond acceptors (Lipinski definition) is 4. The van der Waals surface area contributed by atoms with E-state index in [2.05, 4.69) is 0 Å². The van der Waals surface area contributed by atoms with Gasteiger partial charge < -0.3 is 9.47 Å². The van der Waals surface area contributed by atoms with Crippen molar-refractivity contribution >= 4 is 12.3 Å². The maximum atomic E-state index is 11.4. The molecule has 0 saturated carbocycles. The third-order valence-electron chi connectivity index (χ3n) is 2.23. The van der Waals surface area contributed by atoms with E-state index in [-0.39, 0.29) is 5.97 Å². The van der Waals surface area contributed by atoms with Gasteiger partial charge in [0.2, 0.25) is 0 Å². The molecule has 1 aromatic rings. The number of esters is 1. The van der Waals surface area contributed by atoms with Crippen LogP contribution in [0.2, 0.25) is 0 Å². The Labute approximate surface area is 113 Å². The lowest BCUT2D eigenvalue weighted by atomic mass is 10.2. The summed E-state index contributed by atoms with van der Waals surface area (Å²) < 4.78 is 10.6. The van der Waals surface area contributed by atoms with Crippen LogP contribution in [0.1, 0.15) is 44.0 Å². The lowest BCUT2D eigenvalue weighted by Crippen LogP contribution is -2.23. The Morgan fingerprint density at radius 1 is 1.21 bits per heavy atom. The summed E-state index contributed by atoms with van der Waals surface area (Å²) in [6.45, 7) is 5.97. The average molecular weight is 264 g/mol. The predicted molar refractivity (Wildman–Crippen MR) is 72.4 cm³/mol. The van der Waals surface area contributed by atoms with Gasteiger partial charge in [0, 0.05) is 12.0 Å². The van der Waals surface area contributed by atoms with Crippen LogP contribution in [-0.2, 0) is 9.53 Å².